The van der Waals surface area contributed by atoms with E-state index in [2.05, 4.69) is 99.4 Å². The van der Waals surface area contributed by atoms with E-state index in [1.165, 1.54) is 52.0 Å². The smallest absolute Gasteiger partial charge is 0.303 e. The summed E-state index contributed by atoms with van der Waals surface area (Å²) < 4.78 is 0. The summed E-state index contributed by atoms with van der Waals surface area (Å²) in [4.78, 5) is 203. The van der Waals surface area contributed by atoms with E-state index in [0.29, 0.717) is 18.4 Å². The highest BCUT2D eigenvalue weighted by Crippen LogP contribution is 2.14. The molecule has 14 amide bonds. The lowest BCUT2D eigenvalue weighted by atomic mass is 9.98. The summed E-state index contributed by atoms with van der Waals surface area (Å²) in [6, 6.07) is -10.4. The first-order valence-corrected chi connectivity index (χ1v) is 33.8. The number of hydrogen-bond donors (Lipinski definition) is 24. The highest BCUT2D eigenvalue weighted by Gasteiger charge is 2.38. The quantitative estimate of drug-likeness (QED) is 0.0125. The highest BCUT2D eigenvalue weighted by atomic mass is 32.1. The van der Waals surface area contributed by atoms with Crippen molar-refractivity contribution in [3.63, 3.8) is 0 Å². The minimum atomic E-state index is -1.81. The molecule has 27 N–H and O–H groups in total. The van der Waals surface area contributed by atoms with Crippen LogP contribution < -0.4 is 97.8 Å². The molecule has 0 spiro atoms. The number of carbonyl (C=O) groups excluding carboxylic acids is 14. The van der Waals surface area contributed by atoms with Crippen LogP contribution in [-0.2, 0) is 78.3 Å². The van der Waals surface area contributed by atoms with Gasteiger partial charge in [-0.05, 0) is 93.9 Å². The lowest BCUT2D eigenvalue weighted by Gasteiger charge is -2.30. The number of aliphatic hydroxyl groups is 2. The number of aromatic hydroxyl groups is 1. The Balaban J connectivity index is 3.21. The van der Waals surface area contributed by atoms with Gasteiger partial charge in [-0.25, -0.2) is 0 Å². The molecule has 1 aromatic rings. The largest absolute Gasteiger partial charge is 0.508 e. The second-order valence-corrected chi connectivity index (χ2v) is 25.3. The molecule has 0 aliphatic rings. The Morgan fingerprint density at radius 2 is 0.901 bits per heavy atom. The molecule has 0 aliphatic heterocycles. The number of thiol groups is 2. The number of aliphatic carboxylic acids is 1. The van der Waals surface area contributed by atoms with Gasteiger partial charge in [0, 0.05) is 30.9 Å². The number of hydrogen-bond acceptors (Lipinski definition) is 23. The minimum Gasteiger partial charge on any atom is -0.508 e. The van der Waals surface area contributed by atoms with E-state index in [1.54, 1.807) is 13.8 Å². The number of amides is 14. The number of nitrogens with one attached hydrogen (secondary N) is 13. The monoisotopic (exact) mass is 1470 g/mol. The normalized spacial score (nSPS) is 14.7. The fourth-order valence-corrected chi connectivity index (χ4v) is 9.83. The van der Waals surface area contributed by atoms with Crippen LogP contribution in [0.25, 0.3) is 0 Å². The van der Waals surface area contributed by atoms with Gasteiger partial charge in [-0.3, -0.25) is 76.9 Å². The van der Waals surface area contributed by atoms with Crippen molar-refractivity contribution in [2.45, 2.75) is 179 Å². The molecule has 12 atom stereocenters. The van der Waals surface area contributed by atoms with Crippen molar-refractivity contribution >= 4 is 120 Å². The molecule has 38 nitrogen and oxygen atoms in total. The maximum atomic E-state index is 14.1. The first kappa shape index (κ1) is 89.9. The van der Waals surface area contributed by atoms with Crippen LogP contribution in [0.5, 0.6) is 5.75 Å². The van der Waals surface area contributed by atoms with E-state index in [-0.39, 0.29) is 80.7 Å². The summed E-state index contributed by atoms with van der Waals surface area (Å²) in [5.41, 5.74) is 28.0. The van der Waals surface area contributed by atoms with Gasteiger partial charge in [0.1, 0.15) is 72.2 Å². The third kappa shape index (κ3) is 34.7. The van der Waals surface area contributed by atoms with E-state index in [4.69, 9.17) is 28.7 Å². The number of primary amides is 1. The van der Waals surface area contributed by atoms with E-state index in [0.717, 1.165) is 6.92 Å². The SMILES string of the molecule is CC(C)C[C@H](NC(=O)[C@H](CS)NC(=O)[C@H](CCC(=O)O)NC(=O)CN)C(=O)N[C@@H](CCCN=C(N)N)C(=O)N[C@@H](CO)C(=O)N[C@H](C(=O)N[C@H](C(=O)N[C@H](C(=O)N[C@@H](CS)C(=O)NCC(=O)NCC(=O)N[C@@H](CCCCN)C(=O)N[C@@H](Cc1ccc(O)cc1)C(N)=O)[C@@H](C)O)C(C)C)C(C)C. The molecule has 0 saturated heterocycles. The van der Waals surface area contributed by atoms with Crippen molar-refractivity contribution in [1.29, 1.82) is 0 Å². The summed E-state index contributed by atoms with van der Waals surface area (Å²) >= 11 is 8.29. The number of carbonyl (C=O) groups is 15. The molecule has 0 aromatic heterocycles. The predicted octanol–water partition coefficient (Wildman–Crippen LogP) is -8.42. The zero-order valence-electron chi connectivity index (χ0n) is 57.6. The molecule has 0 heterocycles. The van der Waals surface area contributed by atoms with Gasteiger partial charge >= 0.3 is 5.97 Å². The van der Waals surface area contributed by atoms with Gasteiger partial charge in [0.25, 0.3) is 0 Å². The summed E-state index contributed by atoms with van der Waals surface area (Å²) in [7, 11) is 0. The zero-order valence-corrected chi connectivity index (χ0v) is 59.4. The zero-order chi connectivity index (χ0) is 76.8. The highest BCUT2D eigenvalue weighted by molar-refractivity contribution is 7.80. The number of nitrogens with two attached hydrogens (primary N) is 5. The van der Waals surface area contributed by atoms with Crippen LogP contribution >= 0.6 is 25.3 Å². The molecule has 0 saturated carbocycles. The van der Waals surface area contributed by atoms with Crippen LogP contribution in [0.15, 0.2) is 29.3 Å². The number of phenolic OH excluding ortho intramolecular Hbond substituents is 1. The maximum Gasteiger partial charge on any atom is 0.303 e. The molecule has 101 heavy (non-hydrogen) atoms. The van der Waals surface area contributed by atoms with E-state index >= 15 is 0 Å². The van der Waals surface area contributed by atoms with E-state index in [1.807, 2.05) is 0 Å². The van der Waals surface area contributed by atoms with Crippen LogP contribution in [0, 0.1) is 17.8 Å². The summed E-state index contributed by atoms with van der Waals surface area (Å²) in [6.07, 6.45) is -1.85. The molecule has 0 fully saturated rings. The molecular formula is C61H103N19O19S2. The summed E-state index contributed by atoms with van der Waals surface area (Å²) in [5.74, 6) is -17.4. The number of aliphatic hydroxyl groups excluding tert-OH is 2. The number of nitrogens with zero attached hydrogens (tertiary/aromatic N) is 1. The molecule has 0 bridgehead atoms. The fourth-order valence-electron chi connectivity index (χ4n) is 9.32. The Labute approximate surface area is 595 Å². The Morgan fingerprint density at radius 3 is 1.40 bits per heavy atom. The third-order valence-electron chi connectivity index (χ3n) is 14.9. The summed E-state index contributed by atoms with van der Waals surface area (Å²) in [5, 5.41) is 71.3. The van der Waals surface area contributed by atoms with Gasteiger partial charge in [0.05, 0.1) is 32.3 Å². The van der Waals surface area contributed by atoms with Crippen molar-refractivity contribution in [2.24, 2.45) is 51.4 Å². The van der Waals surface area contributed by atoms with Crippen molar-refractivity contribution in [2.75, 3.05) is 50.8 Å². The molecule has 40 heteroatoms. The number of benzene rings is 1. The standard InChI is InChI=1S/C61H103N19O19S2/c1-29(2)21-39(74-57(96)42(28-101)76-54(93)37(17-18-46(87)88)70-43(84)23-63)55(94)72-36(12-10-20-67-61(65)66)53(92)75-40(26-81)56(95)78-47(30(3)4)58(97)79-48(31(5)6)59(98)80-49(32(7)82)60(99)77-41(27-100)51(90)69-24-44(85)68-25-45(86)71-35(11-8-9-19-62)52(91)73-38(50(64)89)22-33-13-15-34(83)16-14-33/h13-16,29-32,35-42,47-49,81-83,100-101H,8-12,17-28,62-63H2,1-7H3,(H2,64,89)(H,68,85)(H,69,90)(H,70,84)(H,71,86)(H,72,94)(H,73,91)(H,74,96)(H,75,92)(H,76,93)(H,77,99)(H,78,95)(H,79,97)(H,80,98)(H,87,88)(H4,65,66,67)/t32-,35+,36+,37+,38+,39+,40+,41+,42+,47+,48+,49+/m1/s1. The van der Waals surface area contributed by atoms with Gasteiger partial charge in [-0.1, -0.05) is 53.7 Å². The number of carboxylic acids is 1. The van der Waals surface area contributed by atoms with E-state index in [9.17, 15) is 92.3 Å². The minimum absolute atomic E-state index is 0.0231. The Bertz CT molecular complexity index is 3000. The van der Waals surface area contributed by atoms with Crippen molar-refractivity contribution in [3.05, 3.63) is 29.8 Å². The number of phenols is 1. The van der Waals surface area contributed by atoms with Gasteiger partial charge < -0.3 is 118 Å². The lowest BCUT2D eigenvalue weighted by Crippen LogP contribution is -2.63. The number of guanidine groups is 1. The van der Waals surface area contributed by atoms with Crippen LogP contribution in [0.2, 0.25) is 0 Å². The maximum absolute atomic E-state index is 14.1. The van der Waals surface area contributed by atoms with Gasteiger partial charge in [-0.15, -0.1) is 0 Å². The lowest BCUT2D eigenvalue weighted by molar-refractivity contribution is -0.138. The number of aliphatic imine (C=N–C) groups is 1. The van der Waals surface area contributed by atoms with Gasteiger partial charge in [0.2, 0.25) is 82.7 Å². The molecule has 0 radical (unpaired) electrons. The molecule has 1 aromatic carbocycles. The molecule has 568 valence electrons. The second-order valence-electron chi connectivity index (χ2n) is 24.6. The van der Waals surface area contributed by atoms with Crippen LogP contribution in [-0.4, -0.2) is 238 Å². The third-order valence-corrected chi connectivity index (χ3v) is 15.6. The fraction of sp³-hybridized carbons (Fsp3) is 0.639. The predicted molar refractivity (Wildman–Crippen MR) is 373 cm³/mol. The topological polar surface area (TPSA) is 636 Å². The average molecular weight is 1470 g/mol. The van der Waals surface area contributed by atoms with Crippen molar-refractivity contribution in [3.8, 4) is 5.75 Å². The van der Waals surface area contributed by atoms with Gasteiger partial charge in [0.15, 0.2) is 5.96 Å². The van der Waals surface area contributed by atoms with Crippen molar-refractivity contribution < 1.29 is 92.3 Å². The summed E-state index contributed by atoms with van der Waals surface area (Å²) in [6.45, 7) is 7.80. The van der Waals surface area contributed by atoms with Crippen LogP contribution in [0.4, 0.5) is 0 Å². The second kappa shape index (κ2) is 47.1. The average Bonchev–Trinajstić information content (AvgIpc) is 0.855. The molecule has 1 rings (SSSR count). The van der Waals surface area contributed by atoms with Crippen LogP contribution in [0.1, 0.15) is 105 Å². The number of carboxylic acid groups (broad SMARTS) is 1. The first-order chi connectivity index (χ1) is 47.4. The van der Waals surface area contributed by atoms with E-state index < -0.39 is 206 Å². The Morgan fingerprint density at radius 1 is 0.475 bits per heavy atom. The molecule has 0 unspecified atom stereocenters. The Kier molecular flexibility index (Phi) is 41.9. The number of unbranched alkanes of at least 4 members (excludes halogenated alkanes) is 1. The van der Waals surface area contributed by atoms with Crippen molar-refractivity contribution in [1.82, 2.24) is 69.1 Å². The van der Waals surface area contributed by atoms with Gasteiger partial charge in [-0.2, -0.15) is 25.3 Å². The molecular weight excluding hydrogens is 1370 g/mol. The first-order valence-electron chi connectivity index (χ1n) is 32.6. The Hall–Kier alpha value is -9.12. The molecule has 0 aliphatic carbocycles. The number of rotatable bonds is 48. The van der Waals surface area contributed by atoms with Crippen LogP contribution in [0.3, 0.4) is 0 Å².